The van der Waals surface area contributed by atoms with Gasteiger partial charge in [0.25, 0.3) is 5.69 Å². The summed E-state index contributed by atoms with van der Waals surface area (Å²) >= 11 is 0. The maximum atomic E-state index is 11.3. The van der Waals surface area contributed by atoms with Gasteiger partial charge >= 0.3 is 0 Å². The number of nitriles is 1. The molecule has 0 N–H and O–H groups in total. The fourth-order valence-electron chi connectivity index (χ4n) is 2.06. The number of hydrogen-bond donors (Lipinski definition) is 0. The second-order valence-corrected chi connectivity index (χ2v) is 4.65. The lowest BCUT2D eigenvalue weighted by Crippen LogP contribution is -2.32. The number of anilines is 1. The van der Waals surface area contributed by atoms with E-state index in [1.54, 1.807) is 6.07 Å². The Labute approximate surface area is 123 Å². The van der Waals surface area contributed by atoms with E-state index >= 15 is 0 Å². The molecule has 0 amide bonds. The molecule has 1 aromatic carbocycles. The smallest absolute Gasteiger partial charge is 0.296 e. The van der Waals surface area contributed by atoms with Gasteiger partial charge in [-0.3, -0.25) is 10.1 Å². The monoisotopic (exact) mass is 293 g/mol. The van der Waals surface area contributed by atoms with E-state index in [4.69, 9.17) is 14.7 Å². The highest BCUT2D eigenvalue weighted by Gasteiger charge is 2.25. The van der Waals surface area contributed by atoms with Gasteiger partial charge in [-0.05, 0) is 13.8 Å². The van der Waals surface area contributed by atoms with Crippen molar-refractivity contribution >= 4 is 11.4 Å². The summed E-state index contributed by atoms with van der Waals surface area (Å²) in [6.07, 6.45) is 0.281. The van der Waals surface area contributed by atoms with Gasteiger partial charge in [0.2, 0.25) is 0 Å². The van der Waals surface area contributed by atoms with Gasteiger partial charge in [-0.2, -0.15) is 5.26 Å². The molecule has 1 aromatic rings. The van der Waals surface area contributed by atoms with Crippen LogP contribution in [-0.2, 0) is 0 Å². The predicted molar refractivity (Wildman–Crippen MR) is 78.9 cm³/mol. The van der Waals surface area contributed by atoms with Crippen molar-refractivity contribution < 1.29 is 14.4 Å². The fraction of sp³-hybridized carbons (Fsp3) is 0.500. The van der Waals surface area contributed by atoms with Crippen molar-refractivity contribution in [2.24, 2.45) is 0 Å². The average molecular weight is 293 g/mol. The minimum absolute atomic E-state index is 0.00940. The normalized spacial score (nSPS) is 10.1. The van der Waals surface area contributed by atoms with E-state index in [0.29, 0.717) is 23.7 Å². The number of benzene rings is 1. The van der Waals surface area contributed by atoms with Crippen molar-refractivity contribution in [3.05, 3.63) is 22.2 Å². The molecule has 114 valence electrons. The third kappa shape index (κ3) is 3.75. The molecule has 0 aliphatic heterocycles. The number of hydrogen-bond acceptors (Lipinski definition) is 6. The van der Waals surface area contributed by atoms with E-state index in [2.05, 4.69) is 6.07 Å². The zero-order chi connectivity index (χ0) is 16.0. The lowest BCUT2D eigenvalue weighted by atomic mass is 10.1. The predicted octanol–water partition coefficient (Wildman–Crippen LogP) is 2.74. The standard InChI is InChI=1S/C14H19N3O4/c1-10(2)16(7-5-6-15)11-8-13(20-3)14(21-4)9-12(11)17(18)19/h8-10H,5,7H2,1-4H3. The Balaban J connectivity index is 3.42. The van der Waals surface area contributed by atoms with Crippen molar-refractivity contribution in [2.75, 3.05) is 25.7 Å². The van der Waals surface area contributed by atoms with Crippen molar-refractivity contribution in [3.8, 4) is 17.6 Å². The molecule has 0 atom stereocenters. The molecule has 0 saturated heterocycles. The van der Waals surface area contributed by atoms with E-state index in [-0.39, 0.29) is 18.2 Å². The molecule has 0 saturated carbocycles. The van der Waals surface area contributed by atoms with Gasteiger partial charge in [0.05, 0.1) is 37.7 Å². The highest BCUT2D eigenvalue weighted by Crippen LogP contribution is 2.40. The third-order valence-corrected chi connectivity index (χ3v) is 3.07. The van der Waals surface area contributed by atoms with Gasteiger partial charge < -0.3 is 14.4 Å². The van der Waals surface area contributed by atoms with E-state index in [9.17, 15) is 10.1 Å². The average Bonchev–Trinajstić information content (AvgIpc) is 2.46. The van der Waals surface area contributed by atoms with Crippen molar-refractivity contribution in [3.63, 3.8) is 0 Å². The van der Waals surface area contributed by atoms with E-state index in [1.165, 1.54) is 20.3 Å². The SMILES string of the molecule is COc1cc(N(CCC#N)C(C)C)c([N+](=O)[O-])cc1OC. The Morgan fingerprint density at radius 3 is 2.33 bits per heavy atom. The Morgan fingerprint density at radius 1 is 1.33 bits per heavy atom. The van der Waals surface area contributed by atoms with Crippen LogP contribution in [0.3, 0.4) is 0 Å². The van der Waals surface area contributed by atoms with Gasteiger partial charge in [-0.1, -0.05) is 0 Å². The summed E-state index contributed by atoms with van der Waals surface area (Å²) in [7, 11) is 2.90. The van der Waals surface area contributed by atoms with E-state index < -0.39 is 4.92 Å². The van der Waals surface area contributed by atoms with Gasteiger partial charge in [-0.25, -0.2) is 0 Å². The molecule has 7 heteroatoms. The van der Waals surface area contributed by atoms with Crippen molar-refractivity contribution in [1.29, 1.82) is 5.26 Å². The molecular formula is C14H19N3O4. The van der Waals surface area contributed by atoms with Crippen LogP contribution >= 0.6 is 0 Å². The minimum atomic E-state index is -0.459. The second-order valence-electron chi connectivity index (χ2n) is 4.65. The highest BCUT2D eigenvalue weighted by molar-refractivity contribution is 5.70. The molecule has 0 unspecified atom stereocenters. The first-order valence-corrected chi connectivity index (χ1v) is 6.50. The molecule has 21 heavy (non-hydrogen) atoms. The summed E-state index contributed by atoms with van der Waals surface area (Å²) in [6.45, 7) is 4.24. The van der Waals surface area contributed by atoms with Crippen molar-refractivity contribution in [1.82, 2.24) is 0 Å². The molecule has 0 aliphatic rings. The topological polar surface area (TPSA) is 88.6 Å². The summed E-state index contributed by atoms with van der Waals surface area (Å²) in [4.78, 5) is 12.7. The molecule has 0 aromatic heterocycles. The minimum Gasteiger partial charge on any atom is -0.493 e. The molecule has 0 heterocycles. The number of ether oxygens (including phenoxy) is 2. The van der Waals surface area contributed by atoms with Gasteiger partial charge in [0, 0.05) is 18.7 Å². The summed E-state index contributed by atoms with van der Waals surface area (Å²) < 4.78 is 10.3. The third-order valence-electron chi connectivity index (χ3n) is 3.07. The van der Waals surface area contributed by atoms with Crippen LogP contribution in [0.5, 0.6) is 11.5 Å². The van der Waals surface area contributed by atoms with Gasteiger partial charge in [-0.15, -0.1) is 0 Å². The summed E-state index contributed by atoms with van der Waals surface area (Å²) in [5.41, 5.74) is 0.349. The molecule has 0 fully saturated rings. The fourth-order valence-corrected chi connectivity index (χ4v) is 2.06. The number of nitro groups is 1. The van der Waals surface area contributed by atoms with E-state index in [0.717, 1.165) is 0 Å². The van der Waals surface area contributed by atoms with Crippen LogP contribution in [-0.4, -0.2) is 31.7 Å². The van der Waals surface area contributed by atoms with Crippen molar-refractivity contribution in [2.45, 2.75) is 26.3 Å². The Hall–Kier alpha value is -2.49. The molecule has 0 aliphatic carbocycles. The Bertz CT molecular complexity index is 552. The Kier molecular flexibility index (Phi) is 5.79. The number of nitro benzene ring substituents is 1. The highest BCUT2D eigenvalue weighted by atomic mass is 16.6. The van der Waals surface area contributed by atoms with E-state index in [1.807, 2.05) is 18.7 Å². The zero-order valence-electron chi connectivity index (χ0n) is 12.6. The molecule has 1 rings (SSSR count). The van der Waals surface area contributed by atoms with Crippen LogP contribution in [0.15, 0.2) is 12.1 Å². The largest absolute Gasteiger partial charge is 0.493 e. The lowest BCUT2D eigenvalue weighted by molar-refractivity contribution is -0.384. The zero-order valence-corrected chi connectivity index (χ0v) is 12.6. The van der Waals surface area contributed by atoms with Crippen LogP contribution in [0.1, 0.15) is 20.3 Å². The number of methoxy groups -OCH3 is 2. The maximum absolute atomic E-state index is 11.3. The second kappa shape index (κ2) is 7.33. The first kappa shape index (κ1) is 16.6. The van der Waals surface area contributed by atoms with Crippen LogP contribution in [0.2, 0.25) is 0 Å². The van der Waals surface area contributed by atoms with Crippen LogP contribution in [0, 0.1) is 21.4 Å². The molecule has 7 nitrogen and oxygen atoms in total. The van der Waals surface area contributed by atoms with Gasteiger partial charge in [0.15, 0.2) is 11.5 Å². The first-order valence-electron chi connectivity index (χ1n) is 6.50. The quantitative estimate of drug-likeness (QED) is 0.567. The summed E-state index contributed by atoms with van der Waals surface area (Å²) in [5.74, 6) is 0.720. The molecule has 0 bridgehead atoms. The first-order chi connectivity index (χ1) is 9.96. The van der Waals surface area contributed by atoms with Gasteiger partial charge in [0.1, 0.15) is 5.69 Å². The van der Waals surface area contributed by atoms with Crippen LogP contribution < -0.4 is 14.4 Å². The van der Waals surface area contributed by atoms with Crippen LogP contribution in [0.4, 0.5) is 11.4 Å². The molecule has 0 radical (unpaired) electrons. The molecule has 0 spiro atoms. The maximum Gasteiger partial charge on any atom is 0.296 e. The van der Waals surface area contributed by atoms with Crippen LogP contribution in [0.25, 0.3) is 0 Å². The Morgan fingerprint density at radius 2 is 1.90 bits per heavy atom. The summed E-state index contributed by atoms with van der Waals surface area (Å²) in [5, 5.41) is 20.1. The number of nitrogens with zero attached hydrogens (tertiary/aromatic N) is 3. The lowest BCUT2D eigenvalue weighted by Gasteiger charge is -2.28. The molecular weight excluding hydrogens is 274 g/mol. The number of rotatable bonds is 7. The summed E-state index contributed by atoms with van der Waals surface area (Å²) in [6, 6.07) is 4.99.